The molecular weight excluding hydrogens is 386 g/mol. The molecule has 8 heteroatoms. The molecule has 0 aliphatic heterocycles. The van der Waals surface area contributed by atoms with Gasteiger partial charge in [0.15, 0.2) is 29.6 Å². The van der Waals surface area contributed by atoms with Gasteiger partial charge in [-0.15, -0.1) is 0 Å². The molecule has 0 saturated carbocycles. The summed E-state index contributed by atoms with van der Waals surface area (Å²) >= 11 is 0. The van der Waals surface area contributed by atoms with Gasteiger partial charge in [0.25, 0.3) is 0 Å². The third kappa shape index (κ3) is 7.06. The van der Waals surface area contributed by atoms with Crippen LogP contribution >= 0.6 is 0 Å². The minimum atomic E-state index is -1.78. The zero-order valence-corrected chi connectivity index (χ0v) is 14.0. The average Bonchev–Trinajstić information content (AvgIpc) is 2.71. The van der Waals surface area contributed by atoms with E-state index in [1.807, 2.05) is 0 Å². The quantitative estimate of drug-likeness (QED) is 0.247. The van der Waals surface area contributed by atoms with Crippen molar-refractivity contribution in [1.82, 2.24) is 0 Å². The highest BCUT2D eigenvalue weighted by Crippen LogP contribution is 2.12. The molecule has 146 valence electrons. The summed E-state index contributed by atoms with van der Waals surface area (Å²) in [7, 11) is 0. The predicted molar refractivity (Wildman–Crippen MR) is 89.8 cm³/mol. The molecular formula is C20H12F6O2. The molecule has 0 heterocycles. The number of hydrogen-bond acceptors (Lipinski definition) is 2. The zero-order chi connectivity index (χ0) is 21.1. The van der Waals surface area contributed by atoms with Gasteiger partial charge in [0.05, 0.1) is 5.56 Å². The molecule has 0 fully saturated rings. The van der Waals surface area contributed by atoms with Crippen molar-refractivity contribution < 1.29 is 35.9 Å². The molecule has 2 nitrogen and oxygen atoms in total. The fourth-order valence-electron chi connectivity index (χ4n) is 1.61. The molecule has 3 aromatic carbocycles. The smallest absolute Gasteiger partial charge is 0.197 e. The van der Waals surface area contributed by atoms with Crippen LogP contribution in [0.1, 0.15) is 20.7 Å². The minimum absolute atomic E-state index is 0.109. The van der Waals surface area contributed by atoms with Gasteiger partial charge >= 0.3 is 0 Å². The lowest BCUT2D eigenvalue weighted by atomic mass is 10.2. The summed E-state index contributed by atoms with van der Waals surface area (Å²) in [5.74, 6) is -7.12. The molecule has 0 amide bonds. The van der Waals surface area contributed by atoms with Crippen molar-refractivity contribution in [2.24, 2.45) is 0 Å². The molecule has 0 bridgehead atoms. The van der Waals surface area contributed by atoms with E-state index in [2.05, 4.69) is 0 Å². The van der Waals surface area contributed by atoms with Crippen LogP contribution < -0.4 is 0 Å². The fraction of sp³-hybridized carbons (Fsp3) is 0. The van der Waals surface area contributed by atoms with Crippen LogP contribution in [0.25, 0.3) is 0 Å². The Hall–Kier alpha value is -3.42. The summed E-state index contributed by atoms with van der Waals surface area (Å²) < 4.78 is 72.4. The standard InChI is InChI=1S/2C7H5FO.C6H2F4/c8-7-3-1-6(5-9)2-4-7;8-7-4-2-1-3-6(7)5-9;7-3-1-2-4(8)6(10)5(3)9/h2*1-5H;1-2H. The summed E-state index contributed by atoms with van der Waals surface area (Å²) in [6, 6.07) is 12.3. The second-order valence-corrected chi connectivity index (χ2v) is 4.97. The molecule has 3 rings (SSSR count). The van der Waals surface area contributed by atoms with Crippen LogP contribution in [0.3, 0.4) is 0 Å². The van der Waals surface area contributed by atoms with Gasteiger partial charge in [-0.3, -0.25) is 9.59 Å². The van der Waals surface area contributed by atoms with E-state index in [1.165, 1.54) is 36.4 Å². The van der Waals surface area contributed by atoms with E-state index in [9.17, 15) is 35.9 Å². The van der Waals surface area contributed by atoms with Gasteiger partial charge in [0.1, 0.15) is 17.9 Å². The largest absolute Gasteiger partial charge is 0.298 e. The van der Waals surface area contributed by atoms with Crippen molar-refractivity contribution in [2.45, 2.75) is 0 Å². The van der Waals surface area contributed by atoms with E-state index in [0.717, 1.165) is 0 Å². The Labute approximate surface area is 156 Å². The van der Waals surface area contributed by atoms with Gasteiger partial charge in [0, 0.05) is 5.56 Å². The number of halogens is 6. The van der Waals surface area contributed by atoms with Crippen molar-refractivity contribution in [1.29, 1.82) is 0 Å². The normalized spacial score (nSPS) is 9.36. The SMILES string of the molecule is Fc1ccc(F)c(F)c1F.O=Cc1ccc(F)cc1.O=Cc1ccccc1F. The zero-order valence-electron chi connectivity index (χ0n) is 14.0. The first kappa shape index (κ1) is 22.6. The topological polar surface area (TPSA) is 34.1 Å². The number of carbonyl (C=O) groups is 2. The first-order chi connectivity index (χ1) is 13.3. The summed E-state index contributed by atoms with van der Waals surface area (Å²) in [5.41, 5.74) is 0.605. The van der Waals surface area contributed by atoms with Crippen molar-refractivity contribution in [3.8, 4) is 0 Å². The maximum Gasteiger partial charge on any atom is 0.197 e. The molecule has 0 saturated heterocycles. The van der Waals surface area contributed by atoms with Crippen LogP contribution in [0, 0.1) is 34.9 Å². The first-order valence-corrected chi connectivity index (χ1v) is 7.49. The van der Waals surface area contributed by atoms with Crippen molar-refractivity contribution >= 4 is 12.6 Å². The lowest BCUT2D eigenvalue weighted by Gasteiger charge is -1.93. The number of rotatable bonds is 2. The lowest BCUT2D eigenvalue weighted by molar-refractivity contribution is 0.111. The average molecular weight is 398 g/mol. The molecule has 0 unspecified atom stereocenters. The van der Waals surface area contributed by atoms with Crippen molar-refractivity contribution in [3.05, 3.63) is 107 Å². The van der Waals surface area contributed by atoms with Gasteiger partial charge in [-0.25, -0.2) is 26.3 Å². The second-order valence-electron chi connectivity index (χ2n) is 4.97. The Morgan fingerprint density at radius 3 is 1.43 bits per heavy atom. The Morgan fingerprint density at radius 2 is 1.04 bits per heavy atom. The molecule has 0 radical (unpaired) electrons. The Bertz CT molecular complexity index is 899. The predicted octanol–water partition coefficient (Wildman–Crippen LogP) is 5.52. The minimum Gasteiger partial charge on any atom is -0.298 e. The van der Waals surface area contributed by atoms with E-state index < -0.39 is 29.1 Å². The molecule has 28 heavy (non-hydrogen) atoms. The van der Waals surface area contributed by atoms with E-state index in [-0.39, 0.29) is 11.4 Å². The van der Waals surface area contributed by atoms with E-state index in [0.29, 0.717) is 30.3 Å². The molecule has 0 aromatic heterocycles. The highest BCUT2D eigenvalue weighted by atomic mass is 19.2. The maximum absolute atomic E-state index is 12.4. The van der Waals surface area contributed by atoms with Gasteiger partial charge in [-0.05, 0) is 48.5 Å². The van der Waals surface area contributed by atoms with Crippen LogP contribution in [-0.2, 0) is 0 Å². The fourth-order valence-corrected chi connectivity index (χ4v) is 1.61. The van der Waals surface area contributed by atoms with E-state index in [1.54, 1.807) is 12.1 Å². The highest BCUT2D eigenvalue weighted by molar-refractivity contribution is 5.75. The van der Waals surface area contributed by atoms with Crippen LogP contribution in [0.5, 0.6) is 0 Å². The van der Waals surface area contributed by atoms with Gasteiger partial charge in [-0.1, -0.05) is 12.1 Å². The molecule has 0 aliphatic rings. The summed E-state index contributed by atoms with van der Waals surface area (Å²) in [4.78, 5) is 20.0. The number of carbonyl (C=O) groups excluding carboxylic acids is 2. The molecule has 0 spiro atoms. The van der Waals surface area contributed by atoms with Crippen LogP contribution in [0.4, 0.5) is 26.3 Å². The third-order valence-electron chi connectivity index (χ3n) is 3.03. The van der Waals surface area contributed by atoms with Gasteiger partial charge in [-0.2, -0.15) is 0 Å². The monoisotopic (exact) mass is 398 g/mol. The van der Waals surface area contributed by atoms with Gasteiger partial charge in [0.2, 0.25) is 0 Å². The third-order valence-corrected chi connectivity index (χ3v) is 3.03. The molecule has 3 aromatic rings. The summed E-state index contributed by atoms with van der Waals surface area (Å²) in [6.45, 7) is 0. The maximum atomic E-state index is 12.4. The van der Waals surface area contributed by atoms with Crippen LogP contribution in [-0.4, -0.2) is 12.6 Å². The Kier molecular flexibility index (Phi) is 9.15. The van der Waals surface area contributed by atoms with E-state index in [4.69, 9.17) is 0 Å². The summed E-state index contributed by atoms with van der Waals surface area (Å²) in [5, 5.41) is 0. The molecule has 0 atom stereocenters. The Balaban J connectivity index is 0.000000210. The summed E-state index contributed by atoms with van der Waals surface area (Å²) in [6.07, 6.45) is 1.18. The van der Waals surface area contributed by atoms with Crippen molar-refractivity contribution in [3.63, 3.8) is 0 Å². The number of benzene rings is 3. The lowest BCUT2D eigenvalue weighted by Crippen LogP contribution is -1.93. The van der Waals surface area contributed by atoms with Gasteiger partial charge < -0.3 is 0 Å². The number of hydrogen-bond donors (Lipinski definition) is 0. The number of aldehydes is 2. The van der Waals surface area contributed by atoms with Crippen LogP contribution in [0.2, 0.25) is 0 Å². The van der Waals surface area contributed by atoms with Crippen molar-refractivity contribution in [2.75, 3.05) is 0 Å². The van der Waals surface area contributed by atoms with Crippen LogP contribution in [0.15, 0.2) is 60.7 Å². The highest BCUT2D eigenvalue weighted by Gasteiger charge is 2.11. The Morgan fingerprint density at radius 1 is 0.536 bits per heavy atom. The second kappa shape index (κ2) is 11.3. The molecule has 0 aliphatic carbocycles. The first-order valence-electron chi connectivity index (χ1n) is 7.49. The molecule has 0 N–H and O–H groups in total. The van der Waals surface area contributed by atoms with E-state index >= 15 is 0 Å².